The summed E-state index contributed by atoms with van der Waals surface area (Å²) in [6.45, 7) is 4.97. The molecule has 2 saturated heterocycles. The van der Waals surface area contributed by atoms with Crippen LogP contribution in [0.2, 0.25) is 0 Å². The summed E-state index contributed by atoms with van der Waals surface area (Å²) in [5.74, 6) is 1.19. The SMILES string of the molecule is C[C@@H]1OC[C@@]2(C)C3CCCCC[C@H]3C(=O)N12. The molecule has 1 saturated carbocycles. The van der Waals surface area contributed by atoms with E-state index < -0.39 is 0 Å². The van der Waals surface area contributed by atoms with E-state index in [0.29, 0.717) is 17.7 Å². The van der Waals surface area contributed by atoms with E-state index in [4.69, 9.17) is 4.74 Å². The number of hydrogen-bond donors (Lipinski definition) is 0. The van der Waals surface area contributed by atoms with E-state index in [-0.39, 0.29) is 11.8 Å². The summed E-state index contributed by atoms with van der Waals surface area (Å²) in [4.78, 5) is 14.5. The fraction of sp³-hybridized carbons (Fsp3) is 0.923. The van der Waals surface area contributed by atoms with E-state index in [1.165, 1.54) is 25.7 Å². The topological polar surface area (TPSA) is 29.5 Å². The second-order valence-electron chi connectivity index (χ2n) is 5.83. The van der Waals surface area contributed by atoms with Crippen molar-refractivity contribution in [3.8, 4) is 0 Å². The van der Waals surface area contributed by atoms with Crippen molar-refractivity contribution >= 4 is 5.91 Å². The van der Waals surface area contributed by atoms with Crippen molar-refractivity contribution in [1.29, 1.82) is 0 Å². The molecule has 2 heterocycles. The van der Waals surface area contributed by atoms with Gasteiger partial charge in [0.1, 0.15) is 6.23 Å². The maximum atomic E-state index is 12.4. The van der Waals surface area contributed by atoms with Crippen LogP contribution in [-0.2, 0) is 9.53 Å². The minimum atomic E-state index is -0.00979. The first kappa shape index (κ1) is 10.6. The molecule has 4 atom stereocenters. The van der Waals surface area contributed by atoms with E-state index in [0.717, 1.165) is 13.0 Å². The van der Waals surface area contributed by atoms with Crippen molar-refractivity contribution in [2.24, 2.45) is 11.8 Å². The molecule has 1 amide bonds. The third-order valence-electron chi connectivity index (χ3n) is 4.90. The standard InChI is InChI=1S/C13H21NO2/c1-9-14-12(15)10-6-4-3-5-7-11(10)13(14,2)8-16-9/h9-11H,3-8H2,1-2H3/t9-,10+,11?,13-/m0/s1. The van der Waals surface area contributed by atoms with Crippen LogP contribution in [0.3, 0.4) is 0 Å². The molecule has 0 N–H and O–H groups in total. The van der Waals surface area contributed by atoms with Crippen LogP contribution in [0.15, 0.2) is 0 Å². The highest BCUT2D eigenvalue weighted by Gasteiger charge is 2.60. The van der Waals surface area contributed by atoms with Crippen LogP contribution in [-0.4, -0.2) is 29.2 Å². The summed E-state index contributed by atoms with van der Waals surface area (Å²) < 4.78 is 5.69. The molecule has 0 radical (unpaired) electrons. The summed E-state index contributed by atoms with van der Waals surface area (Å²) in [7, 11) is 0. The van der Waals surface area contributed by atoms with Gasteiger partial charge in [-0.2, -0.15) is 0 Å². The van der Waals surface area contributed by atoms with E-state index in [1.807, 2.05) is 11.8 Å². The average Bonchev–Trinajstić information content (AvgIpc) is 2.58. The third-order valence-corrected chi connectivity index (χ3v) is 4.90. The molecule has 3 nitrogen and oxygen atoms in total. The molecule has 0 aromatic heterocycles. The van der Waals surface area contributed by atoms with Gasteiger partial charge in [0.05, 0.1) is 12.1 Å². The van der Waals surface area contributed by atoms with Crippen molar-refractivity contribution in [2.45, 2.75) is 57.7 Å². The lowest BCUT2D eigenvalue weighted by Crippen LogP contribution is -2.45. The lowest BCUT2D eigenvalue weighted by Gasteiger charge is -2.32. The number of fused-ring (bicyclic) bond motifs is 3. The maximum Gasteiger partial charge on any atom is 0.228 e. The van der Waals surface area contributed by atoms with Crippen LogP contribution >= 0.6 is 0 Å². The van der Waals surface area contributed by atoms with Gasteiger partial charge >= 0.3 is 0 Å². The van der Waals surface area contributed by atoms with Crippen LogP contribution in [0.4, 0.5) is 0 Å². The first-order valence-electron chi connectivity index (χ1n) is 6.59. The van der Waals surface area contributed by atoms with Crippen LogP contribution in [0.25, 0.3) is 0 Å². The lowest BCUT2D eigenvalue weighted by atomic mass is 9.78. The van der Waals surface area contributed by atoms with Gasteiger partial charge in [0, 0.05) is 5.92 Å². The smallest absolute Gasteiger partial charge is 0.228 e. The van der Waals surface area contributed by atoms with Crippen LogP contribution < -0.4 is 0 Å². The van der Waals surface area contributed by atoms with Crippen molar-refractivity contribution < 1.29 is 9.53 Å². The average molecular weight is 223 g/mol. The largest absolute Gasteiger partial charge is 0.356 e. The second-order valence-corrected chi connectivity index (χ2v) is 5.83. The number of ether oxygens (including phenoxy) is 1. The van der Waals surface area contributed by atoms with Gasteiger partial charge in [0.2, 0.25) is 5.91 Å². The summed E-state index contributed by atoms with van der Waals surface area (Å²) >= 11 is 0. The van der Waals surface area contributed by atoms with Crippen LogP contribution in [0, 0.1) is 11.8 Å². The highest BCUT2D eigenvalue weighted by atomic mass is 16.5. The van der Waals surface area contributed by atoms with E-state index >= 15 is 0 Å². The fourth-order valence-corrected chi connectivity index (χ4v) is 4.09. The molecule has 0 spiro atoms. The molecule has 3 rings (SSSR count). The van der Waals surface area contributed by atoms with E-state index in [1.54, 1.807) is 0 Å². The molecular formula is C13H21NO2. The minimum Gasteiger partial charge on any atom is -0.356 e. The number of carbonyl (C=O) groups excluding carboxylic acids is 1. The Morgan fingerprint density at radius 3 is 2.88 bits per heavy atom. The molecule has 3 fully saturated rings. The first-order valence-corrected chi connectivity index (χ1v) is 6.59. The Hall–Kier alpha value is -0.570. The quantitative estimate of drug-likeness (QED) is 0.630. The molecule has 16 heavy (non-hydrogen) atoms. The minimum absolute atomic E-state index is 0.00843. The van der Waals surface area contributed by atoms with Gasteiger partial charge in [0.25, 0.3) is 0 Å². The molecule has 1 unspecified atom stereocenters. The maximum absolute atomic E-state index is 12.4. The number of nitrogens with zero attached hydrogens (tertiary/aromatic N) is 1. The molecular weight excluding hydrogens is 202 g/mol. The molecule has 0 aromatic carbocycles. The molecule has 3 aliphatic rings. The zero-order valence-electron chi connectivity index (χ0n) is 10.2. The van der Waals surface area contributed by atoms with Gasteiger partial charge in [-0.1, -0.05) is 19.3 Å². The Morgan fingerprint density at radius 2 is 2.06 bits per heavy atom. The third kappa shape index (κ3) is 1.21. The first-order chi connectivity index (χ1) is 7.64. The summed E-state index contributed by atoms with van der Waals surface area (Å²) in [6, 6.07) is 0. The number of rotatable bonds is 0. The number of amides is 1. The van der Waals surface area contributed by atoms with E-state index in [2.05, 4.69) is 6.92 Å². The van der Waals surface area contributed by atoms with E-state index in [9.17, 15) is 4.79 Å². The molecule has 0 aromatic rings. The Bertz CT molecular complexity index is 317. The van der Waals surface area contributed by atoms with Gasteiger partial charge in [-0.05, 0) is 32.6 Å². The molecule has 3 heteroatoms. The van der Waals surface area contributed by atoms with Gasteiger partial charge in [-0.15, -0.1) is 0 Å². The molecule has 0 bridgehead atoms. The summed E-state index contributed by atoms with van der Waals surface area (Å²) in [6.07, 6.45) is 6.11. The summed E-state index contributed by atoms with van der Waals surface area (Å²) in [5, 5.41) is 0. The van der Waals surface area contributed by atoms with Gasteiger partial charge in [0.15, 0.2) is 0 Å². The molecule has 2 aliphatic heterocycles. The summed E-state index contributed by atoms with van der Waals surface area (Å²) in [5.41, 5.74) is -0.00843. The highest BCUT2D eigenvalue weighted by molar-refractivity contribution is 5.83. The zero-order chi connectivity index (χ0) is 11.3. The Kier molecular flexibility index (Phi) is 2.29. The number of carbonyl (C=O) groups is 1. The second kappa shape index (κ2) is 3.46. The highest BCUT2D eigenvalue weighted by Crippen LogP contribution is 2.50. The Labute approximate surface area is 97.1 Å². The molecule has 90 valence electrons. The lowest BCUT2D eigenvalue weighted by molar-refractivity contribution is -0.137. The Morgan fingerprint density at radius 1 is 1.31 bits per heavy atom. The predicted octanol–water partition coefficient (Wildman–Crippen LogP) is 2.16. The monoisotopic (exact) mass is 223 g/mol. The normalized spacial score (nSPS) is 47.8. The van der Waals surface area contributed by atoms with Crippen molar-refractivity contribution in [3.05, 3.63) is 0 Å². The van der Waals surface area contributed by atoms with Gasteiger partial charge in [-0.3, -0.25) is 4.79 Å². The Balaban J connectivity index is 1.96. The van der Waals surface area contributed by atoms with Gasteiger partial charge in [-0.25, -0.2) is 0 Å². The van der Waals surface area contributed by atoms with Crippen molar-refractivity contribution in [1.82, 2.24) is 4.90 Å². The predicted molar refractivity (Wildman–Crippen MR) is 60.7 cm³/mol. The van der Waals surface area contributed by atoms with Crippen molar-refractivity contribution in [3.63, 3.8) is 0 Å². The fourth-order valence-electron chi connectivity index (χ4n) is 4.09. The number of hydrogen-bond acceptors (Lipinski definition) is 2. The van der Waals surface area contributed by atoms with Crippen molar-refractivity contribution in [2.75, 3.05) is 6.61 Å². The zero-order valence-corrected chi connectivity index (χ0v) is 10.2. The van der Waals surface area contributed by atoms with Gasteiger partial charge < -0.3 is 9.64 Å². The molecule has 1 aliphatic carbocycles. The van der Waals surface area contributed by atoms with Crippen LogP contribution in [0.1, 0.15) is 46.0 Å². The van der Waals surface area contributed by atoms with Crippen LogP contribution in [0.5, 0.6) is 0 Å².